The van der Waals surface area contributed by atoms with Gasteiger partial charge in [-0.25, -0.2) is 0 Å². The van der Waals surface area contributed by atoms with Crippen molar-refractivity contribution < 1.29 is 4.79 Å². The molecule has 122 valence electrons. The Labute approximate surface area is 146 Å². The third-order valence-electron chi connectivity index (χ3n) is 3.16. The number of carbonyl (C=O) groups is 1. The number of halogens is 2. The van der Waals surface area contributed by atoms with E-state index in [0.29, 0.717) is 33.8 Å². The molecular formula is C17H19Cl2N3O. The molecule has 23 heavy (non-hydrogen) atoms. The number of nitrogens with one attached hydrogen (secondary N) is 2. The number of hydrogen-bond acceptors (Lipinski definition) is 3. The Morgan fingerprint density at radius 1 is 1.09 bits per heavy atom. The number of benzene rings is 1. The molecule has 0 fully saturated rings. The van der Waals surface area contributed by atoms with E-state index >= 15 is 0 Å². The largest absolute Gasteiger partial charge is 0.354 e. The Kier molecular flexibility index (Phi) is 6.25. The summed E-state index contributed by atoms with van der Waals surface area (Å²) in [6, 6.07) is 6.91. The number of nitrogens with zero attached hydrogens (tertiary/aromatic N) is 1. The molecule has 6 heteroatoms. The fourth-order valence-electron chi connectivity index (χ4n) is 2.00. The van der Waals surface area contributed by atoms with Crippen molar-refractivity contribution in [3.8, 4) is 0 Å². The molecule has 0 bridgehead atoms. The lowest BCUT2D eigenvalue weighted by atomic mass is 10.1. The summed E-state index contributed by atoms with van der Waals surface area (Å²) >= 11 is 12.0. The third-order valence-corrected chi connectivity index (χ3v) is 3.60. The van der Waals surface area contributed by atoms with Crippen LogP contribution in [-0.4, -0.2) is 17.4 Å². The quantitative estimate of drug-likeness (QED) is 0.777. The van der Waals surface area contributed by atoms with Crippen molar-refractivity contribution in [3.63, 3.8) is 0 Å². The summed E-state index contributed by atoms with van der Waals surface area (Å²) in [6.07, 6.45) is 4.12. The molecule has 1 aromatic heterocycles. The number of rotatable bonds is 6. The van der Waals surface area contributed by atoms with E-state index in [1.807, 2.05) is 0 Å². The second kappa shape index (κ2) is 8.18. The van der Waals surface area contributed by atoms with E-state index in [4.69, 9.17) is 23.2 Å². The highest BCUT2D eigenvalue weighted by Gasteiger charge is 2.07. The van der Waals surface area contributed by atoms with Crippen molar-refractivity contribution in [2.24, 2.45) is 5.92 Å². The van der Waals surface area contributed by atoms with Gasteiger partial charge in [-0.15, -0.1) is 0 Å². The average Bonchev–Trinajstić information content (AvgIpc) is 2.46. The minimum Gasteiger partial charge on any atom is -0.354 e. The molecule has 1 amide bonds. The molecule has 0 saturated carbocycles. The molecule has 0 atom stereocenters. The number of carbonyl (C=O) groups excluding carboxylic acids is 1. The van der Waals surface area contributed by atoms with E-state index in [1.54, 1.807) is 36.7 Å². The minimum atomic E-state index is -0.133. The van der Waals surface area contributed by atoms with E-state index < -0.39 is 0 Å². The molecule has 1 aromatic carbocycles. The van der Waals surface area contributed by atoms with Crippen molar-refractivity contribution in [1.29, 1.82) is 0 Å². The van der Waals surface area contributed by atoms with Crippen molar-refractivity contribution in [3.05, 3.63) is 52.3 Å². The van der Waals surface area contributed by atoms with E-state index in [-0.39, 0.29) is 5.91 Å². The maximum atomic E-state index is 12.1. The molecule has 1 heterocycles. The molecule has 0 unspecified atom stereocenters. The molecule has 2 aromatic rings. The SMILES string of the molecule is CC(C)CCNC(=O)c1cncc(Nc2cc(Cl)cc(Cl)c2)c1. The highest BCUT2D eigenvalue weighted by atomic mass is 35.5. The molecule has 0 spiro atoms. The molecular weight excluding hydrogens is 333 g/mol. The molecule has 0 radical (unpaired) electrons. The van der Waals surface area contributed by atoms with E-state index in [2.05, 4.69) is 29.5 Å². The Hall–Kier alpha value is -1.78. The highest BCUT2D eigenvalue weighted by molar-refractivity contribution is 6.35. The molecule has 4 nitrogen and oxygen atoms in total. The maximum absolute atomic E-state index is 12.1. The van der Waals surface area contributed by atoms with E-state index in [9.17, 15) is 4.79 Å². The first-order chi connectivity index (χ1) is 10.9. The van der Waals surface area contributed by atoms with Gasteiger partial charge in [-0.05, 0) is 36.6 Å². The molecule has 0 saturated heterocycles. The van der Waals surface area contributed by atoms with Crippen LogP contribution in [0.2, 0.25) is 10.0 Å². The van der Waals surface area contributed by atoms with Crippen molar-refractivity contribution >= 4 is 40.5 Å². The van der Waals surface area contributed by atoms with Crippen molar-refractivity contribution in [2.45, 2.75) is 20.3 Å². The fourth-order valence-corrected chi connectivity index (χ4v) is 2.53. The lowest BCUT2D eigenvalue weighted by Gasteiger charge is -2.10. The Bertz CT molecular complexity index is 669. The third kappa shape index (κ3) is 5.73. The Balaban J connectivity index is 2.05. The predicted octanol–water partition coefficient (Wildman–Crippen LogP) is 4.91. The highest BCUT2D eigenvalue weighted by Crippen LogP contribution is 2.25. The van der Waals surface area contributed by atoms with Crippen LogP contribution >= 0.6 is 23.2 Å². The number of amides is 1. The van der Waals surface area contributed by atoms with Gasteiger partial charge in [-0.3, -0.25) is 9.78 Å². The summed E-state index contributed by atoms with van der Waals surface area (Å²) < 4.78 is 0. The smallest absolute Gasteiger partial charge is 0.252 e. The van der Waals surface area contributed by atoms with E-state index in [0.717, 1.165) is 12.1 Å². The zero-order valence-corrected chi connectivity index (χ0v) is 14.6. The monoisotopic (exact) mass is 351 g/mol. The first-order valence-corrected chi connectivity index (χ1v) is 8.16. The van der Waals surface area contributed by atoms with Crippen LogP contribution in [0, 0.1) is 5.92 Å². The van der Waals surface area contributed by atoms with Crippen LogP contribution in [-0.2, 0) is 0 Å². The van der Waals surface area contributed by atoms with Gasteiger partial charge in [-0.2, -0.15) is 0 Å². The van der Waals surface area contributed by atoms with Gasteiger partial charge in [0.2, 0.25) is 0 Å². The summed E-state index contributed by atoms with van der Waals surface area (Å²) in [5.74, 6) is 0.417. The Morgan fingerprint density at radius 3 is 2.43 bits per heavy atom. The summed E-state index contributed by atoms with van der Waals surface area (Å²) in [7, 11) is 0. The summed E-state index contributed by atoms with van der Waals surface area (Å²) in [4.78, 5) is 16.2. The van der Waals surface area contributed by atoms with Crippen molar-refractivity contribution in [1.82, 2.24) is 10.3 Å². The van der Waals surface area contributed by atoms with Crippen LogP contribution in [0.3, 0.4) is 0 Å². The minimum absolute atomic E-state index is 0.133. The first-order valence-electron chi connectivity index (χ1n) is 7.40. The molecule has 2 N–H and O–H groups in total. The second-order valence-corrected chi connectivity index (χ2v) is 6.56. The normalized spacial score (nSPS) is 10.7. The lowest BCUT2D eigenvalue weighted by molar-refractivity contribution is 0.0951. The van der Waals surface area contributed by atoms with Crippen LogP contribution in [0.15, 0.2) is 36.7 Å². The van der Waals surface area contributed by atoms with Crippen LogP contribution in [0.4, 0.5) is 11.4 Å². The van der Waals surface area contributed by atoms with Gasteiger partial charge in [-0.1, -0.05) is 37.0 Å². The molecule has 0 aliphatic rings. The zero-order chi connectivity index (χ0) is 16.8. The van der Waals surface area contributed by atoms with Gasteiger partial charge in [0.05, 0.1) is 17.4 Å². The van der Waals surface area contributed by atoms with Crippen LogP contribution in [0.5, 0.6) is 0 Å². The van der Waals surface area contributed by atoms with Gasteiger partial charge in [0, 0.05) is 28.5 Å². The topological polar surface area (TPSA) is 54.0 Å². The van der Waals surface area contributed by atoms with Crippen LogP contribution in [0.25, 0.3) is 0 Å². The zero-order valence-electron chi connectivity index (χ0n) is 13.1. The molecule has 2 rings (SSSR count). The van der Waals surface area contributed by atoms with Gasteiger partial charge < -0.3 is 10.6 Å². The van der Waals surface area contributed by atoms with Gasteiger partial charge in [0.25, 0.3) is 5.91 Å². The number of anilines is 2. The number of hydrogen-bond donors (Lipinski definition) is 2. The summed E-state index contributed by atoms with van der Waals surface area (Å²) in [5.41, 5.74) is 1.94. The Morgan fingerprint density at radius 2 is 1.78 bits per heavy atom. The summed E-state index contributed by atoms with van der Waals surface area (Å²) in [6.45, 7) is 4.89. The number of pyridine rings is 1. The predicted molar refractivity (Wildman–Crippen MR) is 95.8 cm³/mol. The number of aromatic nitrogens is 1. The van der Waals surface area contributed by atoms with Gasteiger partial charge >= 0.3 is 0 Å². The first kappa shape index (κ1) is 17.6. The van der Waals surface area contributed by atoms with Crippen molar-refractivity contribution in [2.75, 3.05) is 11.9 Å². The fraction of sp³-hybridized carbons (Fsp3) is 0.294. The summed E-state index contributed by atoms with van der Waals surface area (Å²) in [5, 5.41) is 7.11. The second-order valence-electron chi connectivity index (χ2n) is 5.68. The van der Waals surface area contributed by atoms with E-state index in [1.165, 1.54) is 0 Å². The van der Waals surface area contributed by atoms with Crippen LogP contribution in [0.1, 0.15) is 30.6 Å². The van der Waals surface area contributed by atoms with Gasteiger partial charge in [0.15, 0.2) is 0 Å². The standard InChI is InChI=1S/C17H19Cl2N3O/c1-11(2)3-4-21-17(23)12-5-16(10-20-9-12)22-15-7-13(18)6-14(19)8-15/h5-11,22H,3-4H2,1-2H3,(H,21,23). The molecule has 0 aliphatic carbocycles. The molecule has 0 aliphatic heterocycles. The average molecular weight is 352 g/mol. The lowest BCUT2D eigenvalue weighted by Crippen LogP contribution is -2.25. The maximum Gasteiger partial charge on any atom is 0.252 e. The van der Waals surface area contributed by atoms with Gasteiger partial charge in [0.1, 0.15) is 0 Å². The van der Waals surface area contributed by atoms with Crippen LogP contribution < -0.4 is 10.6 Å².